The molecule has 1 aromatic rings. The summed E-state index contributed by atoms with van der Waals surface area (Å²) in [6, 6.07) is 0.330. The van der Waals surface area contributed by atoms with E-state index in [4.69, 9.17) is 5.73 Å². The molecule has 5 nitrogen and oxygen atoms in total. The Morgan fingerprint density at radius 2 is 2.25 bits per heavy atom. The van der Waals surface area contributed by atoms with Crippen LogP contribution in [0, 0.1) is 0 Å². The second-order valence-electron chi connectivity index (χ2n) is 4.21. The molecule has 1 aliphatic carbocycles. The smallest absolute Gasteiger partial charge is 0.265 e. The minimum atomic E-state index is -0.0900. The highest BCUT2D eigenvalue weighted by molar-refractivity contribution is 7.18. The van der Waals surface area contributed by atoms with Gasteiger partial charge in [-0.2, -0.15) is 0 Å². The first-order chi connectivity index (χ1) is 7.58. The molecule has 3 N–H and O–H groups in total. The van der Waals surface area contributed by atoms with Gasteiger partial charge in [-0.25, -0.2) is 4.98 Å². The van der Waals surface area contributed by atoms with Crippen LogP contribution >= 0.6 is 11.3 Å². The molecule has 0 atom stereocenters. The standard InChI is InChI=1S/C10H16N4OS/c1-14(2)10-13-8(11)7(16-10)9(15)12-6-4-3-5-6/h6H,3-5,11H2,1-2H3,(H,12,15). The van der Waals surface area contributed by atoms with E-state index in [-0.39, 0.29) is 5.91 Å². The van der Waals surface area contributed by atoms with Crippen molar-refractivity contribution in [2.45, 2.75) is 25.3 Å². The van der Waals surface area contributed by atoms with Gasteiger partial charge in [0.25, 0.3) is 5.91 Å². The van der Waals surface area contributed by atoms with E-state index in [0.29, 0.717) is 16.7 Å². The Morgan fingerprint density at radius 1 is 1.56 bits per heavy atom. The van der Waals surface area contributed by atoms with Crippen LogP contribution in [0.25, 0.3) is 0 Å². The van der Waals surface area contributed by atoms with Gasteiger partial charge >= 0.3 is 0 Å². The Morgan fingerprint density at radius 3 is 2.69 bits per heavy atom. The van der Waals surface area contributed by atoms with Crippen molar-refractivity contribution in [1.29, 1.82) is 0 Å². The third kappa shape index (κ3) is 2.11. The van der Waals surface area contributed by atoms with Crippen molar-refractivity contribution in [2.75, 3.05) is 24.7 Å². The Bertz CT molecular complexity index is 398. The van der Waals surface area contributed by atoms with Crippen LogP contribution in [0.4, 0.5) is 10.9 Å². The summed E-state index contributed by atoms with van der Waals surface area (Å²) >= 11 is 1.33. The number of aromatic nitrogens is 1. The summed E-state index contributed by atoms with van der Waals surface area (Å²) in [5, 5.41) is 3.72. The molecule has 1 aliphatic rings. The molecule has 6 heteroatoms. The molecule has 1 amide bonds. The van der Waals surface area contributed by atoms with Gasteiger partial charge in [-0.1, -0.05) is 11.3 Å². The number of nitrogens with two attached hydrogens (primary N) is 1. The second-order valence-corrected chi connectivity index (χ2v) is 5.18. The van der Waals surface area contributed by atoms with Crippen LogP contribution in [0.5, 0.6) is 0 Å². The fourth-order valence-electron chi connectivity index (χ4n) is 1.48. The number of amides is 1. The van der Waals surface area contributed by atoms with Gasteiger partial charge in [-0.3, -0.25) is 4.79 Å². The zero-order chi connectivity index (χ0) is 11.7. The van der Waals surface area contributed by atoms with Gasteiger partial charge in [0.05, 0.1) is 0 Å². The summed E-state index contributed by atoms with van der Waals surface area (Å²) in [6.07, 6.45) is 3.35. The number of rotatable bonds is 3. The molecule has 1 aromatic heterocycles. The van der Waals surface area contributed by atoms with E-state index in [0.717, 1.165) is 18.0 Å². The lowest BCUT2D eigenvalue weighted by molar-refractivity contribution is 0.0922. The van der Waals surface area contributed by atoms with E-state index >= 15 is 0 Å². The summed E-state index contributed by atoms with van der Waals surface area (Å²) in [5.41, 5.74) is 5.73. The summed E-state index contributed by atoms with van der Waals surface area (Å²) < 4.78 is 0. The number of carbonyl (C=O) groups is 1. The van der Waals surface area contributed by atoms with Gasteiger partial charge in [0, 0.05) is 20.1 Å². The van der Waals surface area contributed by atoms with E-state index in [2.05, 4.69) is 10.3 Å². The van der Waals surface area contributed by atoms with Gasteiger partial charge in [0.15, 0.2) is 5.13 Å². The molecule has 16 heavy (non-hydrogen) atoms. The zero-order valence-corrected chi connectivity index (χ0v) is 10.3. The molecule has 0 spiro atoms. The fourth-order valence-corrected chi connectivity index (χ4v) is 2.29. The minimum absolute atomic E-state index is 0.0900. The van der Waals surface area contributed by atoms with Crippen LogP contribution in [0.1, 0.15) is 28.9 Å². The van der Waals surface area contributed by atoms with Crippen LogP contribution in [-0.4, -0.2) is 31.0 Å². The van der Waals surface area contributed by atoms with E-state index in [1.807, 2.05) is 19.0 Å². The molecular weight excluding hydrogens is 224 g/mol. The predicted molar refractivity (Wildman–Crippen MR) is 66.0 cm³/mol. The summed E-state index contributed by atoms with van der Waals surface area (Å²) in [6.45, 7) is 0. The normalized spacial score (nSPS) is 15.6. The molecule has 0 aromatic carbocycles. The van der Waals surface area contributed by atoms with Crippen molar-refractivity contribution in [3.05, 3.63) is 4.88 Å². The van der Waals surface area contributed by atoms with Crippen LogP contribution in [0.2, 0.25) is 0 Å². The maximum absolute atomic E-state index is 11.9. The van der Waals surface area contributed by atoms with Crippen molar-refractivity contribution in [3.8, 4) is 0 Å². The van der Waals surface area contributed by atoms with Crippen LogP contribution in [0.3, 0.4) is 0 Å². The Labute approximate surface area is 98.7 Å². The number of nitrogens with one attached hydrogen (secondary N) is 1. The number of nitrogen functional groups attached to an aromatic ring is 1. The number of hydrogen-bond donors (Lipinski definition) is 2. The summed E-state index contributed by atoms with van der Waals surface area (Å²) in [7, 11) is 3.76. The van der Waals surface area contributed by atoms with Gasteiger partial charge in [0.1, 0.15) is 10.7 Å². The van der Waals surface area contributed by atoms with Gasteiger partial charge < -0.3 is 16.0 Å². The van der Waals surface area contributed by atoms with Crippen molar-refractivity contribution in [1.82, 2.24) is 10.3 Å². The third-order valence-electron chi connectivity index (χ3n) is 2.67. The first-order valence-corrected chi connectivity index (χ1v) is 6.14. The fraction of sp³-hybridized carbons (Fsp3) is 0.600. The van der Waals surface area contributed by atoms with Crippen molar-refractivity contribution < 1.29 is 4.79 Å². The van der Waals surface area contributed by atoms with Crippen LogP contribution in [0.15, 0.2) is 0 Å². The lowest BCUT2D eigenvalue weighted by Gasteiger charge is -2.25. The number of thiazole rings is 1. The molecule has 1 heterocycles. The highest BCUT2D eigenvalue weighted by Crippen LogP contribution is 2.27. The molecule has 0 radical (unpaired) electrons. The average Bonchev–Trinajstić information content (AvgIpc) is 2.54. The molecule has 0 saturated heterocycles. The van der Waals surface area contributed by atoms with Crippen molar-refractivity contribution >= 4 is 28.2 Å². The number of hydrogen-bond acceptors (Lipinski definition) is 5. The summed E-state index contributed by atoms with van der Waals surface area (Å²) in [4.78, 5) is 18.4. The maximum atomic E-state index is 11.9. The largest absolute Gasteiger partial charge is 0.382 e. The monoisotopic (exact) mass is 240 g/mol. The highest BCUT2D eigenvalue weighted by Gasteiger charge is 2.23. The van der Waals surface area contributed by atoms with Gasteiger partial charge in [-0.05, 0) is 19.3 Å². The van der Waals surface area contributed by atoms with Crippen molar-refractivity contribution in [2.24, 2.45) is 0 Å². The predicted octanol–water partition coefficient (Wildman–Crippen LogP) is 1.07. The van der Waals surface area contributed by atoms with E-state index in [1.165, 1.54) is 17.8 Å². The summed E-state index contributed by atoms with van der Waals surface area (Å²) in [5.74, 6) is 0.235. The lowest BCUT2D eigenvalue weighted by Crippen LogP contribution is -2.39. The molecule has 88 valence electrons. The van der Waals surface area contributed by atoms with E-state index < -0.39 is 0 Å². The molecule has 0 bridgehead atoms. The van der Waals surface area contributed by atoms with E-state index in [1.54, 1.807) is 0 Å². The molecule has 0 unspecified atom stereocenters. The topological polar surface area (TPSA) is 71.2 Å². The zero-order valence-electron chi connectivity index (χ0n) is 9.49. The highest BCUT2D eigenvalue weighted by atomic mass is 32.1. The Kier molecular flexibility index (Phi) is 3.00. The maximum Gasteiger partial charge on any atom is 0.265 e. The lowest BCUT2D eigenvalue weighted by atomic mass is 9.93. The first-order valence-electron chi connectivity index (χ1n) is 5.32. The average molecular weight is 240 g/mol. The Hall–Kier alpha value is -1.30. The quantitative estimate of drug-likeness (QED) is 0.829. The number of carbonyl (C=O) groups excluding carboxylic acids is 1. The second kappa shape index (κ2) is 4.29. The van der Waals surface area contributed by atoms with Gasteiger partial charge in [-0.15, -0.1) is 0 Å². The SMILES string of the molecule is CN(C)c1nc(N)c(C(=O)NC2CCC2)s1. The molecule has 0 aliphatic heterocycles. The third-order valence-corrected chi connectivity index (χ3v) is 3.91. The molecule has 2 rings (SSSR count). The number of anilines is 2. The first kappa shape index (κ1) is 11.2. The minimum Gasteiger partial charge on any atom is -0.382 e. The van der Waals surface area contributed by atoms with Crippen molar-refractivity contribution in [3.63, 3.8) is 0 Å². The molecular formula is C10H16N4OS. The molecule has 1 saturated carbocycles. The molecule has 1 fully saturated rings. The Balaban J connectivity index is 2.09. The van der Waals surface area contributed by atoms with Gasteiger partial charge in [0.2, 0.25) is 0 Å². The number of nitrogens with zero attached hydrogens (tertiary/aromatic N) is 2. The van der Waals surface area contributed by atoms with E-state index in [9.17, 15) is 4.79 Å². The van der Waals surface area contributed by atoms with Crippen LogP contribution < -0.4 is 16.0 Å². The van der Waals surface area contributed by atoms with Crippen LogP contribution in [-0.2, 0) is 0 Å².